The molecule has 0 saturated carbocycles. The van der Waals surface area contributed by atoms with Gasteiger partial charge in [0.25, 0.3) is 0 Å². The summed E-state index contributed by atoms with van der Waals surface area (Å²) < 4.78 is 0. The van der Waals surface area contributed by atoms with Gasteiger partial charge in [0.1, 0.15) is 0 Å². The summed E-state index contributed by atoms with van der Waals surface area (Å²) in [6, 6.07) is 2.07. The van der Waals surface area contributed by atoms with Gasteiger partial charge in [-0.25, -0.2) is 0 Å². The van der Waals surface area contributed by atoms with E-state index in [9.17, 15) is 0 Å². The van der Waals surface area contributed by atoms with E-state index in [4.69, 9.17) is 11.6 Å². The minimum Gasteiger partial charge on any atom is -0.370 e. The molecule has 0 amide bonds. The number of hydrogen-bond donors (Lipinski definition) is 0. The van der Waals surface area contributed by atoms with Crippen molar-refractivity contribution in [2.45, 2.75) is 19.7 Å². The molecule has 4 heteroatoms. The zero-order chi connectivity index (χ0) is 13.5. The first-order chi connectivity index (χ1) is 8.54. The van der Waals surface area contributed by atoms with Crippen LogP contribution in [0, 0.1) is 5.92 Å². The van der Waals surface area contributed by atoms with E-state index >= 15 is 0 Å². The molecular weight excluding hydrogens is 246 g/mol. The Morgan fingerprint density at radius 2 is 2.00 bits per heavy atom. The Labute approximate surface area is 116 Å². The fraction of sp³-hybridized carbons (Fsp3) is 0.643. The Morgan fingerprint density at radius 3 is 2.56 bits per heavy atom. The van der Waals surface area contributed by atoms with Crippen molar-refractivity contribution in [3.63, 3.8) is 0 Å². The molecular formula is C14H24ClN3. The van der Waals surface area contributed by atoms with E-state index in [1.807, 2.05) is 12.4 Å². The van der Waals surface area contributed by atoms with Crippen LogP contribution in [0.1, 0.15) is 19.4 Å². The van der Waals surface area contributed by atoms with E-state index in [0.29, 0.717) is 11.8 Å². The van der Waals surface area contributed by atoms with E-state index in [2.05, 4.69) is 48.8 Å². The number of rotatable bonds is 7. The molecule has 1 aromatic heterocycles. The molecule has 0 atom stereocenters. The summed E-state index contributed by atoms with van der Waals surface area (Å²) >= 11 is 6.00. The van der Waals surface area contributed by atoms with Gasteiger partial charge in [0.2, 0.25) is 0 Å². The van der Waals surface area contributed by atoms with Crippen molar-refractivity contribution in [1.29, 1.82) is 0 Å². The molecule has 0 spiro atoms. The third-order valence-corrected chi connectivity index (χ3v) is 3.05. The molecule has 1 rings (SSSR count). The average molecular weight is 270 g/mol. The monoisotopic (exact) mass is 269 g/mol. The molecule has 0 fully saturated rings. The van der Waals surface area contributed by atoms with Gasteiger partial charge in [0.05, 0.1) is 5.88 Å². The topological polar surface area (TPSA) is 19.4 Å². The third kappa shape index (κ3) is 4.83. The van der Waals surface area contributed by atoms with Gasteiger partial charge in [-0.05, 0) is 26.1 Å². The van der Waals surface area contributed by atoms with Crippen molar-refractivity contribution in [1.82, 2.24) is 9.88 Å². The third-order valence-electron chi connectivity index (χ3n) is 2.77. The van der Waals surface area contributed by atoms with Crippen molar-refractivity contribution in [2.75, 3.05) is 38.6 Å². The number of nitrogens with zero attached hydrogens (tertiary/aromatic N) is 3. The number of pyridine rings is 1. The van der Waals surface area contributed by atoms with Crippen molar-refractivity contribution in [2.24, 2.45) is 5.92 Å². The first-order valence-corrected chi connectivity index (χ1v) is 6.96. The van der Waals surface area contributed by atoms with Gasteiger partial charge in [-0.3, -0.25) is 4.98 Å². The molecule has 0 radical (unpaired) electrons. The molecule has 0 bridgehead atoms. The minimum absolute atomic E-state index is 0.514. The Balaban J connectivity index is 2.86. The van der Waals surface area contributed by atoms with E-state index in [-0.39, 0.29) is 0 Å². The molecule has 18 heavy (non-hydrogen) atoms. The highest BCUT2D eigenvalue weighted by molar-refractivity contribution is 6.17. The van der Waals surface area contributed by atoms with Gasteiger partial charge >= 0.3 is 0 Å². The van der Waals surface area contributed by atoms with E-state index in [1.54, 1.807) is 0 Å². The molecule has 0 unspecified atom stereocenters. The van der Waals surface area contributed by atoms with Crippen LogP contribution in [0.3, 0.4) is 0 Å². The van der Waals surface area contributed by atoms with Crippen molar-refractivity contribution in [3.05, 3.63) is 24.0 Å². The lowest BCUT2D eigenvalue weighted by atomic mass is 10.1. The van der Waals surface area contributed by atoms with Gasteiger partial charge in [0.15, 0.2) is 0 Å². The van der Waals surface area contributed by atoms with Crippen LogP contribution in [0.15, 0.2) is 18.5 Å². The van der Waals surface area contributed by atoms with Crippen LogP contribution >= 0.6 is 11.6 Å². The highest BCUT2D eigenvalue weighted by Crippen LogP contribution is 2.21. The first-order valence-electron chi connectivity index (χ1n) is 6.43. The van der Waals surface area contributed by atoms with E-state index in [0.717, 1.165) is 25.2 Å². The highest BCUT2D eigenvalue weighted by atomic mass is 35.5. The number of alkyl halides is 1. The first kappa shape index (κ1) is 15.3. The summed E-state index contributed by atoms with van der Waals surface area (Å²) in [6.45, 7) is 7.58. The lowest BCUT2D eigenvalue weighted by molar-refractivity contribution is 0.409. The summed E-state index contributed by atoms with van der Waals surface area (Å²) in [5.41, 5.74) is 2.33. The Morgan fingerprint density at radius 1 is 1.28 bits per heavy atom. The summed E-state index contributed by atoms with van der Waals surface area (Å²) in [5, 5.41) is 0. The van der Waals surface area contributed by atoms with Crippen LogP contribution in [0.25, 0.3) is 0 Å². The Bertz CT molecular complexity index is 353. The maximum Gasteiger partial charge on any atom is 0.0509 e. The van der Waals surface area contributed by atoms with Gasteiger partial charge < -0.3 is 9.80 Å². The van der Waals surface area contributed by atoms with Crippen molar-refractivity contribution >= 4 is 17.3 Å². The lowest BCUT2D eigenvalue weighted by Crippen LogP contribution is -2.35. The van der Waals surface area contributed by atoms with Crippen LogP contribution < -0.4 is 4.90 Å². The van der Waals surface area contributed by atoms with Crippen LogP contribution in [-0.2, 0) is 5.88 Å². The van der Waals surface area contributed by atoms with Gasteiger partial charge in [-0.2, -0.15) is 0 Å². The quantitative estimate of drug-likeness (QED) is 0.710. The maximum atomic E-state index is 6.00. The zero-order valence-corrected chi connectivity index (χ0v) is 12.6. The van der Waals surface area contributed by atoms with Gasteiger partial charge in [-0.15, -0.1) is 11.6 Å². The van der Waals surface area contributed by atoms with Crippen LogP contribution in [0.4, 0.5) is 5.69 Å². The van der Waals surface area contributed by atoms with Crippen LogP contribution in [0.5, 0.6) is 0 Å². The summed E-state index contributed by atoms with van der Waals surface area (Å²) in [4.78, 5) is 8.76. The smallest absolute Gasteiger partial charge is 0.0509 e. The molecule has 0 aliphatic rings. The molecule has 0 aliphatic heterocycles. The number of anilines is 1. The number of halogens is 1. The molecule has 0 aromatic carbocycles. The lowest BCUT2D eigenvalue weighted by Gasteiger charge is -2.29. The fourth-order valence-corrected chi connectivity index (χ4v) is 2.11. The minimum atomic E-state index is 0.514. The molecule has 1 heterocycles. The van der Waals surface area contributed by atoms with Crippen molar-refractivity contribution < 1.29 is 0 Å². The van der Waals surface area contributed by atoms with E-state index < -0.39 is 0 Å². The second-order valence-electron chi connectivity index (χ2n) is 5.28. The summed E-state index contributed by atoms with van der Waals surface area (Å²) in [5.74, 6) is 1.14. The van der Waals surface area contributed by atoms with Crippen LogP contribution in [-0.4, -0.2) is 43.6 Å². The van der Waals surface area contributed by atoms with Crippen molar-refractivity contribution in [3.8, 4) is 0 Å². The largest absolute Gasteiger partial charge is 0.370 e. The molecule has 0 N–H and O–H groups in total. The number of aromatic nitrogens is 1. The molecule has 0 saturated heterocycles. The SMILES string of the molecule is CC(C)CN(CCN(C)C)c1ccncc1CCl. The second kappa shape index (κ2) is 7.59. The van der Waals surface area contributed by atoms with Gasteiger partial charge in [-0.1, -0.05) is 13.8 Å². The standard InChI is InChI=1S/C14H24ClN3/c1-12(2)11-18(8-7-17(3)4)14-5-6-16-10-13(14)9-15/h5-6,10,12H,7-9,11H2,1-4H3. The predicted molar refractivity (Wildman–Crippen MR) is 79.4 cm³/mol. The normalized spacial score (nSPS) is 11.3. The van der Waals surface area contributed by atoms with Crippen LogP contribution in [0.2, 0.25) is 0 Å². The molecule has 3 nitrogen and oxygen atoms in total. The maximum absolute atomic E-state index is 6.00. The molecule has 102 valence electrons. The zero-order valence-electron chi connectivity index (χ0n) is 11.9. The molecule has 0 aliphatic carbocycles. The summed E-state index contributed by atoms with van der Waals surface area (Å²) in [7, 11) is 4.20. The fourth-order valence-electron chi connectivity index (χ4n) is 1.90. The van der Waals surface area contributed by atoms with E-state index in [1.165, 1.54) is 5.69 Å². The predicted octanol–water partition coefficient (Wildman–Crippen LogP) is 2.84. The molecule has 1 aromatic rings. The second-order valence-corrected chi connectivity index (χ2v) is 5.55. The Hall–Kier alpha value is -0.800. The highest BCUT2D eigenvalue weighted by Gasteiger charge is 2.12. The van der Waals surface area contributed by atoms with Gasteiger partial charge in [0, 0.05) is 43.3 Å². The Kier molecular flexibility index (Phi) is 6.44. The number of likely N-dealkylation sites (N-methyl/N-ethyl adjacent to an activating group) is 1. The summed E-state index contributed by atoms with van der Waals surface area (Å²) in [6.07, 6.45) is 3.71. The number of hydrogen-bond acceptors (Lipinski definition) is 3. The average Bonchev–Trinajstić information content (AvgIpc) is 2.33.